The van der Waals surface area contributed by atoms with Crippen LogP contribution in [0, 0.1) is 6.92 Å². The maximum atomic E-state index is 11.6. The summed E-state index contributed by atoms with van der Waals surface area (Å²) in [5.41, 5.74) is 9.83. The molecule has 0 radical (unpaired) electrons. The molecule has 2 aromatic rings. The number of thioether (sulfide) groups is 1. The van der Waals surface area contributed by atoms with Gasteiger partial charge >= 0.3 is 0 Å². The highest BCUT2D eigenvalue weighted by Gasteiger charge is 2.08. The summed E-state index contributed by atoms with van der Waals surface area (Å²) in [4.78, 5) is 22.2. The highest BCUT2D eigenvalue weighted by Crippen LogP contribution is 2.27. The van der Waals surface area contributed by atoms with E-state index in [0.29, 0.717) is 5.75 Å². The third-order valence-electron chi connectivity index (χ3n) is 3.48. The van der Waals surface area contributed by atoms with Crippen molar-refractivity contribution in [3.63, 3.8) is 0 Å². The summed E-state index contributed by atoms with van der Waals surface area (Å²) in [5.74, 6) is 0.346. The van der Waals surface area contributed by atoms with Crippen LogP contribution >= 0.6 is 11.8 Å². The number of benzene rings is 2. The summed E-state index contributed by atoms with van der Waals surface area (Å²) in [5, 5.41) is 2.49. The van der Waals surface area contributed by atoms with Crippen LogP contribution < -0.4 is 11.1 Å². The highest BCUT2D eigenvalue weighted by molar-refractivity contribution is 7.99. The van der Waals surface area contributed by atoms with Gasteiger partial charge in [-0.3, -0.25) is 9.59 Å². The molecule has 0 spiro atoms. The van der Waals surface area contributed by atoms with Crippen LogP contribution in [-0.2, 0) is 15.3 Å². The minimum absolute atomic E-state index is 0.109. The van der Waals surface area contributed by atoms with Crippen molar-refractivity contribution in [2.24, 2.45) is 5.73 Å². The maximum Gasteiger partial charge on any atom is 0.236 e. The fourth-order valence-corrected chi connectivity index (χ4v) is 3.18. The van der Waals surface area contributed by atoms with Crippen LogP contribution in [0.15, 0.2) is 48.5 Å². The summed E-state index contributed by atoms with van der Waals surface area (Å²) in [6, 6.07) is 16.5. The van der Waals surface area contributed by atoms with Gasteiger partial charge in [0, 0.05) is 5.75 Å². The van der Waals surface area contributed by atoms with Gasteiger partial charge in [0.2, 0.25) is 11.8 Å². The molecule has 0 unspecified atom stereocenters. The number of rotatable bonds is 7. The predicted molar refractivity (Wildman–Crippen MR) is 95.0 cm³/mol. The van der Waals surface area contributed by atoms with Crippen molar-refractivity contribution in [1.82, 2.24) is 5.32 Å². The lowest BCUT2D eigenvalue weighted by Crippen LogP contribution is -2.34. The lowest BCUT2D eigenvalue weighted by atomic mass is 9.97. The van der Waals surface area contributed by atoms with E-state index in [4.69, 9.17) is 5.73 Å². The molecular formula is C18H20N2O2S. The third kappa shape index (κ3) is 5.14. The van der Waals surface area contributed by atoms with Crippen molar-refractivity contribution in [3.05, 3.63) is 59.7 Å². The SMILES string of the molecule is Cc1c(CSCC(=O)NCC(N)=O)cccc1-c1ccccc1. The van der Waals surface area contributed by atoms with Crippen molar-refractivity contribution < 1.29 is 9.59 Å². The Kier molecular flexibility index (Phi) is 6.23. The molecule has 0 saturated heterocycles. The molecule has 0 atom stereocenters. The Labute approximate surface area is 140 Å². The molecular weight excluding hydrogens is 308 g/mol. The second-order valence-corrected chi connectivity index (χ2v) is 6.18. The van der Waals surface area contributed by atoms with Gasteiger partial charge in [-0.25, -0.2) is 0 Å². The standard InChI is InChI=1S/C18H20N2O2S/c1-13-15(11-23-12-18(22)20-10-17(19)21)8-5-9-16(13)14-6-3-2-4-7-14/h2-9H,10-12H2,1H3,(H2,19,21)(H,20,22). The molecule has 0 heterocycles. The van der Waals surface area contributed by atoms with E-state index in [1.807, 2.05) is 24.3 Å². The van der Waals surface area contributed by atoms with Gasteiger partial charge in [-0.15, -0.1) is 11.8 Å². The Balaban J connectivity index is 1.96. The molecule has 0 fully saturated rings. The van der Waals surface area contributed by atoms with Crippen LogP contribution in [0.4, 0.5) is 0 Å². The van der Waals surface area contributed by atoms with E-state index in [1.54, 1.807) is 0 Å². The lowest BCUT2D eigenvalue weighted by molar-refractivity contribution is -0.123. The number of nitrogens with two attached hydrogens (primary N) is 1. The van der Waals surface area contributed by atoms with Gasteiger partial charge in [-0.1, -0.05) is 48.5 Å². The second-order valence-electron chi connectivity index (χ2n) is 5.19. The first-order valence-corrected chi connectivity index (χ1v) is 8.50. The summed E-state index contributed by atoms with van der Waals surface area (Å²) < 4.78 is 0. The first kappa shape index (κ1) is 17.1. The van der Waals surface area contributed by atoms with Gasteiger partial charge in [-0.2, -0.15) is 0 Å². The molecule has 2 rings (SSSR count). The number of hydrogen-bond donors (Lipinski definition) is 2. The summed E-state index contributed by atoms with van der Waals surface area (Å²) in [7, 11) is 0. The Morgan fingerprint density at radius 3 is 2.52 bits per heavy atom. The van der Waals surface area contributed by atoms with Gasteiger partial charge in [0.1, 0.15) is 0 Å². The van der Waals surface area contributed by atoms with E-state index in [0.717, 1.165) is 5.75 Å². The Bertz CT molecular complexity index is 687. The number of nitrogens with one attached hydrogen (secondary N) is 1. The summed E-state index contributed by atoms with van der Waals surface area (Å²) in [6.07, 6.45) is 0. The van der Waals surface area contributed by atoms with E-state index >= 15 is 0 Å². The molecule has 2 aromatic carbocycles. The van der Waals surface area contributed by atoms with Crippen molar-refractivity contribution in [3.8, 4) is 11.1 Å². The first-order chi connectivity index (χ1) is 11.1. The van der Waals surface area contributed by atoms with Crippen molar-refractivity contribution in [2.45, 2.75) is 12.7 Å². The molecule has 3 N–H and O–H groups in total. The first-order valence-electron chi connectivity index (χ1n) is 7.34. The van der Waals surface area contributed by atoms with Gasteiger partial charge < -0.3 is 11.1 Å². The zero-order valence-electron chi connectivity index (χ0n) is 13.0. The minimum atomic E-state index is -0.533. The molecule has 23 heavy (non-hydrogen) atoms. The van der Waals surface area contributed by atoms with E-state index in [2.05, 4.69) is 36.5 Å². The largest absolute Gasteiger partial charge is 0.368 e. The molecule has 0 aliphatic carbocycles. The normalized spacial score (nSPS) is 10.3. The zero-order valence-corrected chi connectivity index (χ0v) is 13.9. The zero-order chi connectivity index (χ0) is 16.7. The fraction of sp³-hybridized carbons (Fsp3) is 0.222. The fourth-order valence-electron chi connectivity index (χ4n) is 2.26. The Morgan fingerprint density at radius 1 is 1.09 bits per heavy atom. The molecule has 2 amide bonds. The lowest BCUT2D eigenvalue weighted by Gasteiger charge is -2.11. The Morgan fingerprint density at radius 2 is 1.83 bits per heavy atom. The molecule has 4 nitrogen and oxygen atoms in total. The number of hydrogen-bond acceptors (Lipinski definition) is 3. The summed E-state index contributed by atoms with van der Waals surface area (Å²) >= 11 is 1.52. The molecule has 5 heteroatoms. The smallest absolute Gasteiger partial charge is 0.236 e. The van der Waals surface area contributed by atoms with Gasteiger partial charge in [0.25, 0.3) is 0 Å². The molecule has 0 aromatic heterocycles. The molecule has 0 aliphatic heterocycles. The minimum Gasteiger partial charge on any atom is -0.368 e. The molecule has 0 saturated carbocycles. The van der Waals surface area contributed by atoms with Gasteiger partial charge in [0.05, 0.1) is 12.3 Å². The second kappa shape index (κ2) is 8.39. The molecule has 120 valence electrons. The summed E-state index contributed by atoms with van der Waals surface area (Å²) in [6.45, 7) is 1.99. The van der Waals surface area contributed by atoms with E-state index in [-0.39, 0.29) is 12.5 Å². The molecule has 0 aliphatic rings. The van der Waals surface area contributed by atoms with E-state index in [9.17, 15) is 9.59 Å². The highest BCUT2D eigenvalue weighted by atomic mass is 32.2. The van der Waals surface area contributed by atoms with Crippen LogP contribution in [0.2, 0.25) is 0 Å². The number of carbonyl (C=O) groups excluding carboxylic acids is 2. The average molecular weight is 328 g/mol. The van der Waals surface area contributed by atoms with Crippen LogP contribution in [0.5, 0.6) is 0 Å². The Hall–Kier alpha value is -2.27. The predicted octanol–water partition coefficient (Wildman–Crippen LogP) is 2.50. The van der Waals surface area contributed by atoms with E-state index < -0.39 is 5.91 Å². The third-order valence-corrected chi connectivity index (χ3v) is 4.46. The van der Waals surface area contributed by atoms with Crippen LogP contribution in [0.3, 0.4) is 0 Å². The number of amides is 2. The van der Waals surface area contributed by atoms with Gasteiger partial charge in [-0.05, 0) is 29.2 Å². The van der Waals surface area contributed by atoms with Crippen LogP contribution in [0.1, 0.15) is 11.1 Å². The van der Waals surface area contributed by atoms with Crippen molar-refractivity contribution >= 4 is 23.6 Å². The van der Waals surface area contributed by atoms with Crippen LogP contribution in [0.25, 0.3) is 11.1 Å². The van der Waals surface area contributed by atoms with Gasteiger partial charge in [0.15, 0.2) is 0 Å². The van der Waals surface area contributed by atoms with Crippen molar-refractivity contribution in [2.75, 3.05) is 12.3 Å². The number of carbonyl (C=O) groups is 2. The quantitative estimate of drug-likeness (QED) is 0.820. The topological polar surface area (TPSA) is 72.2 Å². The van der Waals surface area contributed by atoms with Crippen LogP contribution in [-0.4, -0.2) is 24.1 Å². The van der Waals surface area contributed by atoms with Crippen molar-refractivity contribution in [1.29, 1.82) is 0 Å². The number of primary amides is 1. The molecule has 0 bridgehead atoms. The maximum absolute atomic E-state index is 11.6. The van der Waals surface area contributed by atoms with E-state index in [1.165, 1.54) is 34.0 Å². The monoisotopic (exact) mass is 328 g/mol. The average Bonchev–Trinajstić information content (AvgIpc) is 2.55.